The van der Waals surface area contributed by atoms with E-state index in [4.69, 9.17) is 4.74 Å². The molecule has 0 unspecified atom stereocenters. The van der Waals surface area contributed by atoms with Crippen molar-refractivity contribution in [3.63, 3.8) is 0 Å². The van der Waals surface area contributed by atoms with Crippen LogP contribution in [0.2, 0.25) is 0 Å². The van der Waals surface area contributed by atoms with E-state index in [1.807, 2.05) is 6.07 Å². The van der Waals surface area contributed by atoms with E-state index in [9.17, 15) is 9.18 Å². The minimum atomic E-state index is -0.347. The average Bonchev–Trinajstić information content (AvgIpc) is 3.27. The van der Waals surface area contributed by atoms with Crippen molar-refractivity contribution in [2.75, 3.05) is 13.7 Å². The summed E-state index contributed by atoms with van der Waals surface area (Å²) < 4.78 is 19.2. The van der Waals surface area contributed by atoms with E-state index in [2.05, 4.69) is 10.6 Å². The molecule has 4 nitrogen and oxygen atoms in total. The van der Waals surface area contributed by atoms with Gasteiger partial charge in [0.1, 0.15) is 0 Å². The molecule has 1 aliphatic rings. The highest BCUT2D eigenvalue weighted by Gasteiger charge is 2.20. The standard InChI is InChI=1S/C15H21FN2O2/c1-17-15(19)3-2-8-20-14-7-4-11(9-13(14)16)10-18-12-5-6-12/h4,7,9,12,18H,2-3,5-6,8,10H2,1H3,(H,17,19). The van der Waals surface area contributed by atoms with Crippen LogP contribution in [-0.2, 0) is 11.3 Å². The predicted molar refractivity (Wildman–Crippen MR) is 75.1 cm³/mol. The van der Waals surface area contributed by atoms with Crippen molar-refractivity contribution in [1.29, 1.82) is 0 Å². The van der Waals surface area contributed by atoms with Crippen molar-refractivity contribution in [3.8, 4) is 5.75 Å². The number of rotatable bonds is 8. The summed E-state index contributed by atoms with van der Waals surface area (Å²) >= 11 is 0. The molecule has 0 heterocycles. The Morgan fingerprint density at radius 1 is 1.45 bits per heavy atom. The van der Waals surface area contributed by atoms with Crippen LogP contribution >= 0.6 is 0 Å². The van der Waals surface area contributed by atoms with Gasteiger partial charge in [0.2, 0.25) is 5.91 Å². The third kappa shape index (κ3) is 4.81. The Kier molecular flexibility index (Phi) is 5.35. The highest BCUT2D eigenvalue weighted by atomic mass is 19.1. The van der Waals surface area contributed by atoms with Crippen LogP contribution in [0.25, 0.3) is 0 Å². The summed E-state index contributed by atoms with van der Waals surface area (Å²) in [5.74, 6) is -0.132. The van der Waals surface area contributed by atoms with Crippen molar-refractivity contribution < 1.29 is 13.9 Å². The number of carbonyl (C=O) groups excluding carboxylic acids is 1. The van der Waals surface area contributed by atoms with E-state index in [1.165, 1.54) is 18.9 Å². The molecule has 2 rings (SSSR count). The van der Waals surface area contributed by atoms with Crippen molar-refractivity contribution in [3.05, 3.63) is 29.6 Å². The zero-order chi connectivity index (χ0) is 14.4. The summed E-state index contributed by atoms with van der Waals surface area (Å²) in [7, 11) is 1.59. The van der Waals surface area contributed by atoms with Gasteiger partial charge in [0.05, 0.1) is 6.61 Å². The summed E-state index contributed by atoms with van der Waals surface area (Å²) in [5.41, 5.74) is 0.923. The van der Waals surface area contributed by atoms with Gasteiger partial charge in [0, 0.05) is 26.1 Å². The molecule has 20 heavy (non-hydrogen) atoms. The molecule has 0 bridgehead atoms. The highest BCUT2D eigenvalue weighted by Crippen LogP contribution is 2.21. The van der Waals surface area contributed by atoms with Crippen LogP contribution < -0.4 is 15.4 Å². The van der Waals surface area contributed by atoms with Crippen molar-refractivity contribution in [1.82, 2.24) is 10.6 Å². The number of amides is 1. The fraction of sp³-hybridized carbons (Fsp3) is 0.533. The fourth-order valence-electron chi connectivity index (χ4n) is 1.86. The maximum atomic E-state index is 13.8. The molecule has 0 aliphatic heterocycles. The lowest BCUT2D eigenvalue weighted by Crippen LogP contribution is -2.18. The number of halogens is 1. The molecule has 1 amide bonds. The summed E-state index contributed by atoms with van der Waals surface area (Å²) in [6, 6.07) is 5.63. The van der Waals surface area contributed by atoms with E-state index >= 15 is 0 Å². The first kappa shape index (κ1) is 14.8. The third-order valence-corrected chi connectivity index (χ3v) is 3.25. The summed E-state index contributed by atoms with van der Waals surface area (Å²) in [6.07, 6.45) is 3.40. The molecule has 1 aliphatic carbocycles. The van der Waals surface area contributed by atoms with Gasteiger partial charge in [0.25, 0.3) is 0 Å². The summed E-state index contributed by atoms with van der Waals surface area (Å²) in [6.45, 7) is 1.03. The van der Waals surface area contributed by atoms with Crippen LogP contribution in [0, 0.1) is 5.82 Å². The molecule has 0 atom stereocenters. The minimum absolute atomic E-state index is 0.0319. The molecule has 2 N–H and O–H groups in total. The Hall–Kier alpha value is -1.62. The number of carbonyl (C=O) groups is 1. The maximum Gasteiger partial charge on any atom is 0.219 e. The fourth-order valence-corrected chi connectivity index (χ4v) is 1.86. The largest absolute Gasteiger partial charge is 0.491 e. The zero-order valence-electron chi connectivity index (χ0n) is 11.7. The van der Waals surface area contributed by atoms with Crippen LogP contribution in [0.15, 0.2) is 18.2 Å². The quantitative estimate of drug-likeness (QED) is 0.716. The minimum Gasteiger partial charge on any atom is -0.491 e. The number of hydrogen-bond acceptors (Lipinski definition) is 3. The molecule has 0 radical (unpaired) electrons. The van der Waals surface area contributed by atoms with Crippen LogP contribution in [0.5, 0.6) is 5.75 Å². The zero-order valence-corrected chi connectivity index (χ0v) is 11.7. The number of benzene rings is 1. The van der Waals surface area contributed by atoms with Crippen LogP contribution in [0.3, 0.4) is 0 Å². The molecule has 1 aromatic carbocycles. The monoisotopic (exact) mass is 280 g/mol. The van der Waals surface area contributed by atoms with Crippen LogP contribution in [0.1, 0.15) is 31.2 Å². The number of ether oxygens (including phenoxy) is 1. The van der Waals surface area contributed by atoms with Gasteiger partial charge < -0.3 is 15.4 Å². The van der Waals surface area contributed by atoms with Gasteiger partial charge in [-0.05, 0) is 37.0 Å². The molecular weight excluding hydrogens is 259 g/mol. The average molecular weight is 280 g/mol. The molecule has 1 aromatic rings. The van der Waals surface area contributed by atoms with E-state index in [0.717, 1.165) is 5.56 Å². The van der Waals surface area contributed by atoms with Crippen molar-refractivity contribution in [2.24, 2.45) is 0 Å². The predicted octanol–water partition coefficient (Wildman–Crippen LogP) is 1.98. The first-order valence-electron chi connectivity index (χ1n) is 7.04. The normalized spacial score (nSPS) is 14.1. The Bertz CT molecular complexity index is 461. The van der Waals surface area contributed by atoms with Gasteiger partial charge in [-0.1, -0.05) is 6.07 Å². The Labute approximate surface area is 118 Å². The first-order chi connectivity index (χ1) is 9.69. The molecule has 0 aromatic heterocycles. The second-order valence-electron chi connectivity index (χ2n) is 5.05. The maximum absolute atomic E-state index is 13.8. The topological polar surface area (TPSA) is 50.4 Å². The molecule has 110 valence electrons. The Morgan fingerprint density at radius 2 is 2.25 bits per heavy atom. The molecule has 0 saturated heterocycles. The number of nitrogens with one attached hydrogen (secondary N) is 2. The molecular formula is C15H21FN2O2. The molecule has 0 spiro atoms. The van der Waals surface area contributed by atoms with Crippen molar-refractivity contribution >= 4 is 5.91 Å². The van der Waals surface area contributed by atoms with Gasteiger partial charge in [0.15, 0.2) is 11.6 Å². The van der Waals surface area contributed by atoms with Crippen LogP contribution in [-0.4, -0.2) is 25.6 Å². The molecule has 1 fully saturated rings. The lowest BCUT2D eigenvalue weighted by Gasteiger charge is -2.09. The van der Waals surface area contributed by atoms with Crippen molar-refractivity contribution in [2.45, 2.75) is 38.3 Å². The number of hydrogen-bond donors (Lipinski definition) is 2. The van der Waals surface area contributed by atoms with Gasteiger partial charge in [-0.25, -0.2) is 4.39 Å². The summed E-state index contributed by atoms with van der Waals surface area (Å²) in [5, 5.41) is 5.87. The first-order valence-corrected chi connectivity index (χ1v) is 7.04. The van der Waals surface area contributed by atoms with Gasteiger partial charge >= 0.3 is 0 Å². The highest BCUT2D eigenvalue weighted by molar-refractivity contribution is 5.75. The Balaban J connectivity index is 1.74. The SMILES string of the molecule is CNC(=O)CCCOc1ccc(CNC2CC2)cc1F. The van der Waals surface area contributed by atoms with Gasteiger partial charge in [-0.2, -0.15) is 0 Å². The van der Waals surface area contributed by atoms with E-state index in [0.29, 0.717) is 32.0 Å². The van der Waals surface area contributed by atoms with E-state index < -0.39 is 0 Å². The van der Waals surface area contributed by atoms with E-state index in [1.54, 1.807) is 13.1 Å². The second kappa shape index (κ2) is 7.24. The smallest absolute Gasteiger partial charge is 0.219 e. The van der Waals surface area contributed by atoms with Crippen LogP contribution in [0.4, 0.5) is 4.39 Å². The van der Waals surface area contributed by atoms with Gasteiger partial charge in [-0.15, -0.1) is 0 Å². The Morgan fingerprint density at radius 3 is 2.90 bits per heavy atom. The molecule has 1 saturated carbocycles. The lowest BCUT2D eigenvalue weighted by atomic mass is 10.2. The molecule has 5 heteroatoms. The lowest BCUT2D eigenvalue weighted by molar-refractivity contribution is -0.120. The third-order valence-electron chi connectivity index (χ3n) is 3.25. The van der Waals surface area contributed by atoms with E-state index in [-0.39, 0.29) is 17.5 Å². The van der Waals surface area contributed by atoms with Gasteiger partial charge in [-0.3, -0.25) is 4.79 Å². The summed E-state index contributed by atoms with van der Waals surface area (Å²) in [4.78, 5) is 11.0. The second-order valence-corrected chi connectivity index (χ2v) is 5.05.